The van der Waals surface area contributed by atoms with Gasteiger partial charge in [0.2, 0.25) is 0 Å². The molecule has 94 heavy (non-hydrogen) atoms. The molecular weight excluding hydrogens is 1430 g/mol. The molecule has 8 aromatic carbocycles. The van der Waals surface area contributed by atoms with Crippen molar-refractivity contribution in [2.75, 3.05) is 46.1 Å². The third kappa shape index (κ3) is 20.8. The first-order valence-electron chi connectivity index (χ1n) is 23.8. The van der Waals surface area contributed by atoms with Crippen molar-refractivity contribution in [3.63, 3.8) is 0 Å². The Morgan fingerprint density at radius 3 is 0.904 bits per heavy atom. The Morgan fingerprint density at radius 2 is 0.617 bits per heavy atom. The molecule has 8 rings (SSSR count). The standard InChI is InChI=1S/C51H40N6O25S6.6Na/c1-81-39-13-9-27(49(60)54-35-11-15-41(85(69,70)71)33-21-31(83(63,64)65)23-43(45(33)35)87(75,76)77)19-37(39)56-47(58)25-5-3-7-29(17-25)52-51(62)53-30-8-4-6-26(18-30)48(59)57-38-20-28(10-14-40(38)82-2)50(61)55-36-12-16-42(86(72,73)74)34-22-32(84(66,67)68)24-44(46(34)36)88(78,79)80;;;;;;/h3-24H,1-2H3,(H,54,60)(H,55,61)(H,56,58)(H,57,59)(H2,52,53,62)(H,63,64,65)(H,66,67,68)(H,69,70,71)(H,72,73,74)(H,75,76,77)(H,78,79,80);;;;;;/q;6*+1. The van der Waals surface area contributed by atoms with Crippen LogP contribution in [-0.4, -0.2) is 122 Å². The minimum atomic E-state index is -5.47. The van der Waals surface area contributed by atoms with Gasteiger partial charge in [0.05, 0.1) is 46.8 Å². The molecular formula is C51H40N6Na6O25S6+6. The smallest absolute Gasteiger partial charge is 0.495 e. The number of carbonyl (C=O) groups is 5. The zero-order valence-electron chi connectivity index (χ0n) is 50.1. The number of anilines is 6. The fourth-order valence-electron chi connectivity index (χ4n) is 8.59. The van der Waals surface area contributed by atoms with Gasteiger partial charge in [0.25, 0.3) is 84.3 Å². The fraction of sp³-hybridized carbons (Fsp3) is 0.0392. The quantitative estimate of drug-likeness (QED) is 0.0280. The third-order valence-electron chi connectivity index (χ3n) is 12.4. The van der Waals surface area contributed by atoms with Crippen LogP contribution in [0.5, 0.6) is 11.5 Å². The van der Waals surface area contributed by atoms with Crippen molar-refractivity contribution in [3.8, 4) is 11.5 Å². The summed E-state index contributed by atoms with van der Waals surface area (Å²) in [7, 11) is -29.6. The van der Waals surface area contributed by atoms with E-state index in [1.165, 1.54) is 87.0 Å². The Balaban J connectivity index is 0.00000501. The van der Waals surface area contributed by atoms with Crippen LogP contribution in [0.25, 0.3) is 21.5 Å². The summed E-state index contributed by atoms with van der Waals surface area (Å²) in [5.41, 5.74) is -2.00. The first kappa shape index (κ1) is 86.6. The van der Waals surface area contributed by atoms with E-state index < -0.39 is 153 Å². The van der Waals surface area contributed by atoms with Crippen LogP contribution in [0, 0.1) is 0 Å². The molecule has 0 saturated heterocycles. The summed E-state index contributed by atoms with van der Waals surface area (Å²) in [4.78, 5) is 61.0. The van der Waals surface area contributed by atoms with Crippen molar-refractivity contribution in [1.82, 2.24) is 0 Å². The summed E-state index contributed by atoms with van der Waals surface area (Å²) in [6.45, 7) is 0. The molecule has 0 unspecified atom stereocenters. The maximum atomic E-state index is 13.7. The topological polar surface area (TPSA) is 502 Å². The van der Waals surface area contributed by atoms with Crippen LogP contribution in [-0.2, 0) is 60.7 Å². The SMILES string of the molecule is COc1ccc(C(=O)Nc2ccc(S(=O)(=O)O)c3cc(S(=O)(=O)O)cc(S(=O)(=O)O)c23)cc1NC(=O)c1cccc(NC(=O)Nc2cccc(C(=O)Nc3cc(C(=O)Nc4ccc(S(=O)(=O)O)c5cc(S(=O)(=O)O)cc(S(=O)(=O)O)c45)ccc3OC)c2)c1.[Na+].[Na+].[Na+].[Na+].[Na+].[Na+]. The zero-order valence-corrected chi connectivity index (χ0v) is 67.0. The number of methoxy groups -OCH3 is 2. The van der Waals surface area contributed by atoms with Crippen LogP contribution in [0.3, 0.4) is 0 Å². The molecule has 31 nitrogen and oxygen atoms in total. The van der Waals surface area contributed by atoms with E-state index in [4.69, 9.17) is 9.47 Å². The summed E-state index contributed by atoms with van der Waals surface area (Å²) >= 11 is 0. The number of ether oxygens (including phenoxy) is 2. The number of nitrogens with one attached hydrogen (secondary N) is 6. The van der Waals surface area contributed by atoms with Gasteiger partial charge in [0, 0.05) is 55.2 Å². The van der Waals surface area contributed by atoms with Crippen molar-refractivity contribution >= 4 is 146 Å². The predicted molar refractivity (Wildman–Crippen MR) is 310 cm³/mol. The molecule has 6 amide bonds. The summed E-state index contributed by atoms with van der Waals surface area (Å²) in [5, 5.41) is 11.4. The van der Waals surface area contributed by atoms with Gasteiger partial charge < -0.3 is 41.4 Å². The van der Waals surface area contributed by atoms with Crippen LogP contribution in [0.4, 0.5) is 38.9 Å². The fourth-order valence-corrected chi connectivity index (χ4v) is 12.7. The largest absolute Gasteiger partial charge is 1.00 e. The number of hydrogen-bond donors (Lipinski definition) is 12. The van der Waals surface area contributed by atoms with Crippen LogP contribution >= 0.6 is 0 Å². The average Bonchev–Trinajstić information content (AvgIpc) is 0.750. The van der Waals surface area contributed by atoms with Gasteiger partial charge in [-0.3, -0.25) is 46.5 Å². The van der Waals surface area contributed by atoms with Gasteiger partial charge >= 0.3 is 183 Å². The van der Waals surface area contributed by atoms with E-state index in [9.17, 15) is 102 Å². The first-order valence-corrected chi connectivity index (χ1v) is 32.5. The first-order chi connectivity index (χ1) is 40.8. The van der Waals surface area contributed by atoms with Crippen molar-refractivity contribution in [2.45, 2.75) is 29.4 Å². The van der Waals surface area contributed by atoms with Gasteiger partial charge in [0.15, 0.2) is 0 Å². The number of amides is 6. The molecule has 0 aromatic heterocycles. The van der Waals surface area contributed by atoms with E-state index in [1.54, 1.807) is 0 Å². The molecule has 0 heterocycles. The minimum Gasteiger partial charge on any atom is -0.495 e. The monoisotopic (exact) mass is 1470 g/mol. The molecule has 0 bridgehead atoms. The number of fused-ring (bicyclic) bond motifs is 2. The van der Waals surface area contributed by atoms with Crippen LogP contribution < -0.4 is 219 Å². The number of urea groups is 1. The Labute approximate surface area is 667 Å². The molecule has 0 spiro atoms. The van der Waals surface area contributed by atoms with Gasteiger partial charge in [0.1, 0.15) is 31.1 Å². The molecule has 460 valence electrons. The van der Waals surface area contributed by atoms with E-state index in [0.29, 0.717) is 24.3 Å². The summed E-state index contributed by atoms with van der Waals surface area (Å²) in [6.07, 6.45) is 0. The second kappa shape index (κ2) is 34.0. The molecule has 0 aliphatic rings. The van der Waals surface area contributed by atoms with E-state index in [0.717, 1.165) is 24.3 Å². The molecule has 0 fully saturated rings. The molecule has 43 heteroatoms. The van der Waals surface area contributed by atoms with Gasteiger partial charge in [-0.05, 0) is 121 Å². The second-order valence-corrected chi connectivity index (χ2v) is 26.6. The average molecular weight is 1470 g/mol. The Kier molecular flexibility index (Phi) is 31.3. The van der Waals surface area contributed by atoms with Crippen LogP contribution in [0.15, 0.2) is 163 Å². The van der Waals surface area contributed by atoms with Crippen molar-refractivity contribution < 1.29 is 289 Å². The second-order valence-electron chi connectivity index (χ2n) is 18.1. The zero-order chi connectivity index (χ0) is 64.8. The Hall–Kier alpha value is -3.51. The number of benzene rings is 8. The normalized spacial score (nSPS) is 11.4. The summed E-state index contributed by atoms with van der Waals surface area (Å²) < 4.78 is 217. The van der Waals surface area contributed by atoms with E-state index in [2.05, 4.69) is 31.9 Å². The predicted octanol–water partition coefficient (Wildman–Crippen LogP) is -11.8. The van der Waals surface area contributed by atoms with Crippen LogP contribution in [0.1, 0.15) is 41.4 Å². The van der Waals surface area contributed by atoms with E-state index in [-0.39, 0.29) is 246 Å². The van der Waals surface area contributed by atoms with Crippen molar-refractivity contribution in [3.05, 3.63) is 156 Å². The molecule has 8 aromatic rings. The number of hydrogen-bond acceptors (Lipinski definition) is 19. The summed E-state index contributed by atoms with van der Waals surface area (Å²) in [6, 6.07) is 21.4. The van der Waals surface area contributed by atoms with Gasteiger partial charge in [-0.2, -0.15) is 50.5 Å². The van der Waals surface area contributed by atoms with Gasteiger partial charge in [-0.1, -0.05) is 12.1 Å². The maximum absolute atomic E-state index is 13.7. The Morgan fingerprint density at radius 1 is 0.319 bits per heavy atom. The van der Waals surface area contributed by atoms with Gasteiger partial charge in [-0.25, -0.2) is 4.79 Å². The molecule has 0 aliphatic heterocycles. The van der Waals surface area contributed by atoms with Crippen molar-refractivity contribution in [2.24, 2.45) is 0 Å². The van der Waals surface area contributed by atoms with Gasteiger partial charge in [-0.15, -0.1) is 0 Å². The third-order valence-corrected chi connectivity index (χ3v) is 17.7. The number of carbonyl (C=O) groups excluding carboxylic acids is 5. The van der Waals surface area contributed by atoms with Crippen LogP contribution in [0.2, 0.25) is 0 Å². The molecule has 12 N–H and O–H groups in total. The Bertz CT molecular complexity index is 4780. The van der Waals surface area contributed by atoms with Crippen molar-refractivity contribution in [1.29, 1.82) is 0 Å². The summed E-state index contributed by atoms with van der Waals surface area (Å²) in [5.74, 6) is -3.84. The number of rotatable bonds is 18. The van der Waals surface area contributed by atoms with E-state index in [1.807, 2.05) is 0 Å². The molecule has 0 atom stereocenters. The minimum absolute atomic E-state index is 0. The van der Waals surface area contributed by atoms with E-state index >= 15 is 0 Å². The maximum Gasteiger partial charge on any atom is 1.00 e. The molecule has 0 radical (unpaired) electrons. The molecule has 0 saturated carbocycles. The molecule has 0 aliphatic carbocycles.